The molecule has 0 unspecified atom stereocenters. The van der Waals surface area contributed by atoms with E-state index < -0.39 is 0 Å². The van der Waals surface area contributed by atoms with Crippen molar-refractivity contribution in [3.05, 3.63) is 46.7 Å². The van der Waals surface area contributed by atoms with Crippen LogP contribution in [0.4, 0.5) is 0 Å². The molecule has 1 N–H and O–H groups in total. The molecule has 5 rings (SSSR count). The number of nitrogens with one attached hydrogen (secondary N) is 1. The van der Waals surface area contributed by atoms with Gasteiger partial charge < -0.3 is 5.32 Å². The fraction of sp³-hybridized carbons (Fsp3) is 0.524. The van der Waals surface area contributed by atoms with Gasteiger partial charge in [-0.1, -0.05) is 51.1 Å². The third-order valence-corrected chi connectivity index (χ3v) is 7.63. The molecule has 0 amide bonds. The first-order valence-corrected chi connectivity index (χ1v) is 9.80. The van der Waals surface area contributed by atoms with Gasteiger partial charge in [-0.3, -0.25) is 0 Å². The first-order chi connectivity index (χ1) is 11.1. The van der Waals surface area contributed by atoms with Crippen LogP contribution in [0.3, 0.4) is 0 Å². The second kappa shape index (κ2) is 5.75. The second-order valence-electron chi connectivity index (χ2n) is 8.07. The molecule has 2 heteroatoms. The summed E-state index contributed by atoms with van der Waals surface area (Å²) >= 11 is 1.88. The maximum Gasteiger partial charge on any atom is 0.0308 e. The summed E-state index contributed by atoms with van der Waals surface area (Å²) in [6, 6.07) is 13.7. The molecule has 0 aliphatic heterocycles. The topological polar surface area (TPSA) is 12.0 Å². The quantitative estimate of drug-likeness (QED) is 0.774. The van der Waals surface area contributed by atoms with Gasteiger partial charge in [-0.2, -0.15) is 0 Å². The van der Waals surface area contributed by atoms with Crippen molar-refractivity contribution in [1.29, 1.82) is 0 Å². The van der Waals surface area contributed by atoms with Crippen molar-refractivity contribution < 1.29 is 0 Å². The Morgan fingerprint density at radius 2 is 1.91 bits per heavy atom. The highest BCUT2D eigenvalue weighted by Crippen LogP contribution is 2.61. The van der Waals surface area contributed by atoms with Crippen molar-refractivity contribution in [2.24, 2.45) is 23.2 Å². The largest absolute Gasteiger partial charge is 0.309 e. The maximum atomic E-state index is 3.89. The standard InChI is InChI=1S/C21H27NS/c1-14-18-11-16(21(18,2)3)12-19(14)22-13-20-17(9-10-23-20)15-7-5-4-6-8-15/h4-10,14,16,18-19,22H,11-13H2,1-3H3/t14-,16-,18+,19-/m1/s1. The molecule has 3 aliphatic rings. The normalized spacial score (nSPS) is 31.6. The zero-order chi connectivity index (χ0) is 16.0. The fourth-order valence-corrected chi connectivity index (χ4v) is 5.84. The highest BCUT2D eigenvalue weighted by molar-refractivity contribution is 7.10. The van der Waals surface area contributed by atoms with Crippen molar-refractivity contribution in [2.75, 3.05) is 0 Å². The number of rotatable bonds is 4. The zero-order valence-corrected chi connectivity index (χ0v) is 15.2. The van der Waals surface area contributed by atoms with Gasteiger partial charge in [-0.05, 0) is 58.6 Å². The lowest BCUT2D eigenvalue weighted by molar-refractivity contribution is -0.115. The van der Waals surface area contributed by atoms with Gasteiger partial charge in [0.1, 0.15) is 0 Å². The third-order valence-electron chi connectivity index (χ3n) is 6.71. The van der Waals surface area contributed by atoms with Crippen LogP contribution in [0.5, 0.6) is 0 Å². The Balaban J connectivity index is 1.44. The van der Waals surface area contributed by atoms with E-state index in [0.717, 1.165) is 24.3 Å². The van der Waals surface area contributed by atoms with Crippen molar-refractivity contribution >= 4 is 11.3 Å². The average Bonchev–Trinajstić information content (AvgIpc) is 3.02. The summed E-state index contributed by atoms with van der Waals surface area (Å²) < 4.78 is 0. The molecule has 0 radical (unpaired) electrons. The number of hydrogen-bond donors (Lipinski definition) is 1. The molecule has 1 aromatic carbocycles. The van der Waals surface area contributed by atoms with E-state index in [9.17, 15) is 0 Å². The van der Waals surface area contributed by atoms with Crippen LogP contribution in [0, 0.1) is 23.2 Å². The van der Waals surface area contributed by atoms with Crippen molar-refractivity contribution in [3.63, 3.8) is 0 Å². The van der Waals surface area contributed by atoms with Gasteiger partial charge in [0.05, 0.1) is 0 Å². The van der Waals surface area contributed by atoms with E-state index in [1.807, 2.05) is 11.3 Å². The molecular weight excluding hydrogens is 298 g/mol. The summed E-state index contributed by atoms with van der Waals surface area (Å²) in [4.78, 5) is 1.47. The first-order valence-electron chi connectivity index (χ1n) is 8.92. The molecule has 1 nitrogen and oxygen atoms in total. The molecule has 4 atom stereocenters. The minimum absolute atomic E-state index is 0.579. The summed E-state index contributed by atoms with van der Waals surface area (Å²) in [6.45, 7) is 8.43. The highest BCUT2D eigenvalue weighted by atomic mass is 32.1. The Bertz CT molecular complexity index is 672. The van der Waals surface area contributed by atoms with E-state index in [0.29, 0.717) is 11.5 Å². The summed E-state index contributed by atoms with van der Waals surface area (Å²) in [5.41, 5.74) is 3.32. The van der Waals surface area contributed by atoms with Crippen LogP contribution in [-0.2, 0) is 6.54 Å². The molecule has 1 heterocycles. The lowest BCUT2D eigenvalue weighted by Gasteiger charge is -2.62. The monoisotopic (exact) mass is 325 g/mol. The van der Waals surface area contributed by atoms with E-state index in [1.165, 1.54) is 28.8 Å². The number of hydrogen-bond acceptors (Lipinski definition) is 2. The van der Waals surface area contributed by atoms with Crippen LogP contribution in [-0.4, -0.2) is 6.04 Å². The van der Waals surface area contributed by atoms with Gasteiger partial charge in [0.15, 0.2) is 0 Å². The third kappa shape index (κ3) is 2.56. The predicted molar refractivity (Wildman–Crippen MR) is 99.5 cm³/mol. The zero-order valence-electron chi connectivity index (χ0n) is 14.4. The molecule has 122 valence electrons. The number of thiophene rings is 1. The van der Waals surface area contributed by atoms with Crippen LogP contribution in [0.2, 0.25) is 0 Å². The Morgan fingerprint density at radius 1 is 1.13 bits per heavy atom. The first kappa shape index (κ1) is 15.4. The Kier molecular flexibility index (Phi) is 3.85. The second-order valence-corrected chi connectivity index (χ2v) is 9.07. The lowest BCUT2D eigenvalue weighted by atomic mass is 9.45. The van der Waals surface area contributed by atoms with Crippen molar-refractivity contribution in [1.82, 2.24) is 5.32 Å². The van der Waals surface area contributed by atoms with E-state index in [4.69, 9.17) is 0 Å². The van der Waals surface area contributed by atoms with E-state index in [2.05, 4.69) is 67.9 Å². The van der Waals surface area contributed by atoms with E-state index in [1.54, 1.807) is 0 Å². The van der Waals surface area contributed by atoms with Gasteiger partial charge in [0, 0.05) is 17.5 Å². The SMILES string of the molecule is C[C@H]1[C@H](NCc2sccc2-c2ccccc2)C[C@H]2C[C@@H]1C2(C)C. The van der Waals surface area contributed by atoms with Gasteiger partial charge in [-0.15, -0.1) is 11.3 Å². The van der Waals surface area contributed by atoms with Crippen LogP contribution in [0.15, 0.2) is 41.8 Å². The van der Waals surface area contributed by atoms with Gasteiger partial charge in [0.25, 0.3) is 0 Å². The predicted octanol–water partition coefficient (Wildman–Crippen LogP) is 5.58. The Morgan fingerprint density at radius 3 is 2.61 bits per heavy atom. The van der Waals surface area contributed by atoms with Gasteiger partial charge >= 0.3 is 0 Å². The molecule has 0 spiro atoms. The number of benzene rings is 1. The van der Waals surface area contributed by atoms with Gasteiger partial charge in [-0.25, -0.2) is 0 Å². The summed E-state index contributed by atoms with van der Waals surface area (Å²) in [7, 11) is 0. The van der Waals surface area contributed by atoms with E-state index in [-0.39, 0.29) is 0 Å². The molecular formula is C21H27NS. The van der Waals surface area contributed by atoms with E-state index >= 15 is 0 Å². The summed E-state index contributed by atoms with van der Waals surface area (Å²) in [5.74, 6) is 2.64. The maximum absolute atomic E-state index is 3.89. The average molecular weight is 326 g/mol. The highest BCUT2D eigenvalue weighted by Gasteiger charge is 2.55. The van der Waals surface area contributed by atoms with Crippen molar-refractivity contribution in [2.45, 2.75) is 46.2 Å². The molecule has 3 saturated carbocycles. The molecule has 2 aromatic rings. The van der Waals surface area contributed by atoms with Crippen LogP contribution < -0.4 is 5.32 Å². The van der Waals surface area contributed by atoms with Crippen LogP contribution in [0.25, 0.3) is 11.1 Å². The molecule has 23 heavy (non-hydrogen) atoms. The van der Waals surface area contributed by atoms with Crippen LogP contribution >= 0.6 is 11.3 Å². The number of fused-ring (bicyclic) bond motifs is 2. The Labute approximate surface area is 144 Å². The summed E-state index contributed by atoms with van der Waals surface area (Å²) in [6.07, 6.45) is 2.82. The molecule has 0 saturated heterocycles. The van der Waals surface area contributed by atoms with Crippen molar-refractivity contribution in [3.8, 4) is 11.1 Å². The minimum Gasteiger partial charge on any atom is -0.309 e. The summed E-state index contributed by atoms with van der Waals surface area (Å²) in [5, 5.41) is 6.12. The molecule has 3 fully saturated rings. The smallest absolute Gasteiger partial charge is 0.0308 e. The van der Waals surface area contributed by atoms with Gasteiger partial charge in [0.2, 0.25) is 0 Å². The fourth-order valence-electron chi connectivity index (χ4n) is 5.00. The lowest BCUT2D eigenvalue weighted by Crippen LogP contribution is -2.59. The molecule has 1 aromatic heterocycles. The molecule has 3 aliphatic carbocycles. The minimum atomic E-state index is 0.579. The Hall–Kier alpha value is -1.12. The molecule has 2 bridgehead atoms. The van der Waals surface area contributed by atoms with Crippen LogP contribution in [0.1, 0.15) is 38.5 Å².